The quantitative estimate of drug-likeness (QED) is 0.444. The number of aromatic amines is 1. The minimum Gasteiger partial charge on any atom is -0.354 e. The maximum Gasteiger partial charge on any atom is 0.178 e. The van der Waals surface area contributed by atoms with Crippen molar-refractivity contribution in [3.63, 3.8) is 0 Å². The lowest BCUT2D eigenvalue weighted by molar-refractivity contribution is 0.586. The Morgan fingerprint density at radius 3 is 2.53 bits per heavy atom. The van der Waals surface area contributed by atoms with Gasteiger partial charge in [0.2, 0.25) is 0 Å². The number of aromatic nitrogens is 2. The first kappa shape index (κ1) is 19.1. The number of sulfone groups is 1. The highest BCUT2D eigenvalue weighted by molar-refractivity contribution is 7.91. The molecule has 4 nitrogen and oxygen atoms in total. The van der Waals surface area contributed by atoms with Crippen molar-refractivity contribution in [1.29, 1.82) is 0 Å². The molecule has 5 rings (SSSR count). The summed E-state index contributed by atoms with van der Waals surface area (Å²) in [5.74, 6) is 0.229. The summed E-state index contributed by atoms with van der Waals surface area (Å²) in [6.07, 6.45) is 4.99. The molecule has 1 N–H and O–H groups in total. The van der Waals surface area contributed by atoms with Crippen LogP contribution in [0.3, 0.4) is 0 Å². The van der Waals surface area contributed by atoms with Crippen molar-refractivity contribution in [1.82, 2.24) is 9.97 Å². The average Bonchev–Trinajstić information content (AvgIpc) is 3.19. The fraction of sp³-hybridized carbons (Fsp3) is 0.125. The molecule has 30 heavy (non-hydrogen) atoms. The minimum atomic E-state index is -3.17. The maximum atomic E-state index is 12.4. The molecule has 6 heteroatoms. The molecular weight excluding hydrogens is 416 g/mol. The number of benzene rings is 2. The van der Waals surface area contributed by atoms with Crippen molar-refractivity contribution >= 4 is 21.4 Å². The van der Waals surface area contributed by atoms with Gasteiger partial charge in [-0.25, -0.2) is 8.42 Å². The molecule has 4 aromatic rings. The van der Waals surface area contributed by atoms with Crippen LogP contribution < -0.4 is 0 Å². The highest BCUT2D eigenvalue weighted by Crippen LogP contribution is 2.37. The van der Waals surface area contributed by atoms with E-state index in [0.29, 0.717) is 16.3 Å². The van der Waals surface area contributed by atoms with Crippen molar-refractivity contribution in [2.75, 3.05) is 5.75 Å². The van der Waals surface area contributed by atoms with Crippen molar-refractivity contribution in [2.24, 2.45) is 0 Å². The third kappa shape index (κ3) is 3.44. The Labute approximate surface area is 180 Å². The number of rotatable bonds is 3. The molecule has 2 aromatic heterocycles. The number of pyridine rings is 1. The van der Waals surface area contributed by atoms with Crippen molar-refractivity contribution in [3.8, 4) is 33.6 Å². The molecule has 0 radical (unpaired) electrons. The number of aryl methyl sites for hydroxylation is 1. The van der Waals surface area contributed by atoms with E-state index in [1.807, 2.05) is 48.5 Å². The van der Waals surface area contributed by atoms with Gasteiger partial charge >= 0.3 is 0 Å². The largest absolute Gasteiger partial charge is 0.354 e. The van der Waals surface area contributed by atoms with Gasteiger partial charge in [0.1, 0.15) is 0 Å². The summed E-state index contributed by atoms with van der Waals surface area (Å²) in [5.41, 5.74) is 6.83. The van der Waals surface area contributed by atoms with Gasteiger partial charge in [0.25, 0.3) is 0 Å². The van der Waals surface area contributed by atoms with Crippen LogP contribution in [0.5, 0.6) is 0 Å². The van der Waals surface area contributed by atoms with Crippen molar-refractivity contribution in [3.05, 3.63) is 83.6 Å². The Balaban J connectivity index is 1.67. The molecular formula is C24H19ClN2O2S. The summed E-state index contributed by atoms with van der Waals surface area (Å²) in [7, 11) is -3.17. The van der Waals surface area contributed by atoms with Crippen LogP contribution in [0.25, 0.3) is 33.6 Å². The van der Waals surface area contributed by atoms with Crippen LogP contribution in [-0.2, 0) is 16.3 Å². The predicted octanol–water partition coefficient (Wildman–Crippen LogP) is 5.78. The standard InChI is InChI=1S/C24H19ClN2O2S/c25-20-5-1-3-19(14-20)24-21(16-8-10-26-11-9-16)15-22(27-24)17-6-7-23-18(13-17)4-2-12-30(23,28)29/h1,3,5-11,13-15,27H,2,4,12H2. The molecule has 0 saturated carbocycles. The zero-order valence-corrected chi connectivity index (χ0v) is 17.7. The first-order valence-corrected chi connectivity index (χ1v) is 11.8. The Morgan fingerprint density at radius 2 is 1.73 bits per heavy atom. The monoisotopic (exact) mass is 434 g/mol. The molecule has 0 aliphatic carbocycles. The summed E-state index contributed by atoms with van der Waals surface area (Å²) >= 11 is 6.24. The Hall–Kier alpha value is -2.89. The summed E-state index contributed by atoms with van der Waals surface area (Å²) in [6.45, 7) is 0. The number of fused-ring (bicyclic) bond motifs is 1. The zero-order chi connectivity index (χ0) is 20.7. The average molecular weight is 435 g/mol. The highest BCUT2D eigenvalue weighted by atomic mass is 35.5. The van der Waals surface area contributed by atoms with Gasteiger partial charge in [-0.05, 0) is 72.0 Å². The van der Waals surface area contributed by atoms with Crippen molar-refractivity contribution in [2.45, 2.75) is 17.7 Å². The fourth-order valence-electron chi connectivity index (χ4n) is 4.05. The van der Waals surface area contributed by atoms with Crippen molar-refractivity contribution < 1.29 is 8.42 Å². The second-order valence-corrected chi connectivity index (χ2v) is 9.98. The van der Waals surface area contributed by atoms with E-state index in [9.17, 15) is 8.42 Å². The van der Waals surface area contributed by atoms with Crippen LogP contribution >= 0.6 is 11.6 Å². The number of nitrogens with one attached hydrogen (secondary N) is 1. The first-order chi connectivity index (χ1) is 14.5. The van der Waals surface area contributed by atoms with Crippen LogP contribution in [-0.4, -0.2) is 24.1 Å². The summed E-state index contributed by atoms with van der Waals surface area (Å²) in [4.78, 5) is 8.13. The van der Waals surface area contributed by atoms with Crippen LogP contribution in [0.2, 0.25) is 5.02 Å². The highest BCUT2D eigenvalue weighted by Gasteiger charge is 2.24. The number of hydrogen-bond acceptors (Lipinski definition) is 3. The van der Waals surface area contributed by atoms with E-state index in [1.165, 1.54) is 0 Å². The van der Waals surface area contributed by atoms with Crippen LogP contribution in [0.1, 0.15) is 12.0 Å². The fourth-order valence-corrected chi connectivity index (χ4v) is 5.82. The molecule has 0 atom stereocenters. The second kappa shape index (κ2) is 7.42. The SMILES string of the molecule is O=S1(=O)CCCc2cc(-c3cc(-c4ccncc4)c(-c4cccc(Cl)c4)[nH]3)ccc21. The Morgan fingerprint density at radius 1 is 0.900 bits per heavy atom. The van der Waals surface area contributed by atoms with Gasteiger partial charge in [-0.3, -0.25) is 4.98 Å². The zero-order valence-electron chi connectivity index (χ0n) is 16.1. The van der Waals surface area contributed by atoms with E-state index in [0.717, 1.165) is 45.6 Å². The Kier molecular flexibility index (Phi) is 4.72. The van der Waals surface area contributed by atoms with Gasteiger partial charge < -0.3 is 4.98 Å². The lowest BCUT2D eigenvalue weighted by atomic mass is 10.0. The summed E-state index contributed by atoms with van der Waals surface area (Å²) in [5, 5.41) is 0.670. The van der Waals surface area contributed by atoms with E-state index < -0.39 is 9.84 Å². The third-order valence-electron chi connectivity index (χ3n) is 5.49. The van der Waals surface area contributed by atoms with Gasteiger partial charge in [0.05, 0.1) is 16.3 Å². The number of H-pyrrole nitrogens is 1. The lowest BCUT2D eigenvalue weighted by Gasteiger charge is -2.16. The van der Waals surface area contributed by atoms with Gasteiger partial charge in [0.15, 0.2) is 9.84 Å². The topological polar surface area (TPSA) is 62.8 Å². The molecule has 0 amide bonds. The minimum absolute atomic E-state index is 0.229. The summed E-state index contributed by atoms with van der Waals surface area (Å²) in [6, 6.07) is 19.4. The maximum absolute atomic E-state index is 12.4. The van der Waals surface area contributed by atoms with Crippen LogP contribution in [0, 0.1) is 0 Å². The lowest BCUT2D eigenvalue weighted by Crippen LogP contribution is -2.15. The molecule has 2 aromatic carbocycles. The smallest absolute Gasteiger partial charge is 0.178 e. The van der Waals surface area contributed by atoms with Crippen LogP contribution in [0.15, 0.2) is 78.0 Å². The predicted molar refractivity (Wildman–Crippen MR) is 120 cm³/mol. The molecule has 0 unspecified atom stereocenters. The first-order valence-electron chi connectivity index (χ1n) is 9.77. The van der Waals surface area contributed by atoms with Gasteiger partial charge in [-0.2, -0.15) is 0 Å². The van der Waals surface area contributed by atoms with Crippen LogP contribution in [0.4, 0.5) is 0 Å². The van der Waals surface area contributed by atoms with E-state index in [2.05, 4.69) is 16.0 Å². The summed E-state index contributed by atoms with van der Waals surface area (Å²) < 4.78 is 24.7. The van der Waals surface area contributed by atoms with Gasteiger partial charge in [-0.15, -0.1) is 0 Å². The molecule has 0 saturated heterocycles. The molecule has 1 aliphatic heterocycles. The number of halogens is 1. The van der Waals surface area contributed by atoms with Gasteiger partial charge in [-0.1, -0.05) is 29.8 Å². The molecule has 150 valence electrons. The molecule has 3 heterocycles. The van der Waals surface area contributed by atoms with E-state index in [4.69, 9.17) is 11.6 Å². The van der Waals surface area contributed by atoms with E-state index >= 15 is 0 Å². The normalized spacial score (nSPS) is 15.0. The Bertz CT molecular complexity index is 1340. The van der Waals surface area contributed by atoms with E-state index in [-0.39, 0.29) is 5.75 Å². The molecule has 0 bridgehead atoms. The molecule has 0 fully saturated rings. The van der Waals surface area contributed by atoms with E-state index in [1.54, 1.807) is 18.5 Å². The second-order valence-electron chi connectivity index (χ2n) is 7.46. The third-order valence-corrected chi connectivity index (χ3v) is 7.62. The molecule has 0 spiro atoms. The number of nitrogens with zero attached hydrogens (tertiary/aromatic N) is 1. The number of hydrogen-bond donors (Lipinski definition) is 1. The van der Waals surface area contributed by atoms with Gasteiger partial charge in [0, 0.05) is 34.2 Å². The molecule has 1 aliphatic rings.